The largest absolute Gasteiger partial charge is 0.466 e. The fraction of sp³-hybridized carbons (Fsp3) is 0.316. The Kier molecular flexibility index (Phi) is 5.83. The molecule has 0 aliphatic carbocycles. The Balaban J connectivity index is 2.33. The van der Waals surface area contributed by atoms with E-state index >= 15 is 0 Å². The number of amides is 1. The van der Waals surface area contributed by atoms with Crippen LogP contribution in [0.2, 0.25) is 0 Å². The first-order valence-electron chi connectivity index (χ1n) is 8.97. The van der Waals surface area contributed by atoms with E-state index in [0.29, 0.717) is 0 Å². The molecule has 30 heavy (non-hydrogen) atoms. The van der Waals surface area contributed by atoms with Crippen LogP contribution < -0.4 is 5.73 Å². The van der Waals surface area contributed by atoms with Gasteiger partial charge < -0.3 is 15.2 Å². The number of ether oxygens (including phenoxy) is 2. The van der Waals surface area contributed by atoms with Crippen LogP contribution in [0.5, 0.6) is 0 Å². The van der Waals surface area contributed by atoms with Gasteiger partial charge >= 0.3 is 11.9 Å². The van der Waals surface area contributed by atoms with E-state index in [9.17, 15) is 24.5 Å². The van der Waals surface area contributed by atoms with E-state index in [2.05, 4.69) is 0 Å². The number of hydrogen-bond acceptors (Lipinski definition) is 9. The summed E-state index contributed by atoms with van der Waals surface area (Å²) in [6, 6.07) is 5.51. The summed E-state index contributed by atoms with van der Waals surface area (Å²) in [5, 5.41) is 11.0. The zero-order chi connectivity index (χ0) is 22.2. The Morgan fingerprint density at radius 1 is 1.30 bits per heavy atom. The molecule has 0 aromatic heterocycles. The lowest BCUT2D eigenvalue weighted by Crippen LogP contribution is -2.40. The number of benzene rings is 1. The molecule has 2 aliphatic rings. The summed E-state index contributed by atoms with van der Waals surface area (Å²) in [6.45, 7) is 3.27. The van der Waals surface area contributed by atoms with E-state index in [1.54, 1.807) is 13.8 Å². The molecule has 1 fully saturated rings. The summed E-state index contributed by atoms with van der Waals surface area (Å²) in [5.41, 5.74) is 6.12. The number of methoxy groups -OCH3 is 1. The quantitative estimate of drug-likeness (QED) is 0.417. The van der Waals surface area contributed by atoms with E-state index in [4.69, 9.17) is 15.2 Å². The summed E-state index contributed by atoms with van der Waals surface area (Å²) in [7, 11) is 1.17. The zero-order valence-electron chi connectivity index (χ0n) is 16.4. The summed E-state index contributed by atoms with van der Waals surface area (Å²) >= 11 is 1.10. The highest BCUT2D eigenvalue weighted by atomic mass is 32.2. The third-order valence-electron chi connectivity index (χ3n) is 4.70. The monoisotopic (exact) mass is 433 g/mol. The van der Waals surface area contributed by atoms with Crippen molar-refractivity contribution < 1.29 is 28.8 Å². The normalized spacial score (nSPS) is 20.9. The third-order valence-corrected chi connectivity index (χ3v) is 5.88. The van der Waals surface area contributed by atoms with Crippen molar-refractivity contribution in [3.63, 3.8) is 0 Å². The summed E-state index contributed by atoms with van der Waals surface area (Å²) < 4.78 is 10.0. The number of thioether (sulfide) groups is 1. The number of nitro benzene ring substituents is 1. The van der Waals surface area contributed by atoms with Crippen LogP contribution in [0, 0.1) is 10.1 Å². The van der Waals surface area contributed by atoms with Gasteiger partial charge in [0, 0.05) is 12.1 Å². The molecule has 2 aliphatic heterocycles. The topological polar surface area (TPSA) is 142 Å². The molecular weight excluding hydrogens is 414 g/mol. The maximum Gasteiger partial charge on any atom is 0.338 e. The molecule has 0 unspecified atom stereocenters. The predicted octanol–water partition coefficient (Wildman–Crippen LogP) is 1.77. The van der Waals surface area contributed by atoms with Gasteiger partial charge in [-0.2, -0.15) is 0 Å². The van der Waals surface area contributed by atoms with E-state index < -0.39 is 33.9 Å². The molecular formula is C19H19N3O7S. The second kappa shape index (κ2) is 8.19. The van der Waals surface area contributed by atoms with Crippen LogP contribution in [-0.2, 0) is 23.9 Å². The van der Waals surface area contributed by atoms with Gasteiger partial charge in [-0.25, -0.2) is 9.59 Å². The van der Waals surface area contributed by atoms with Crippen molar-refractivity contribution in [3.05, 3.63) is 61.9 Å². The van der Waals surface area contributed by atoms with Gasteiger partial charge in [-0.15, -0.1) is 0 Å². The fourth-order valence-electron chi connectivity index (χ4n) is 3.40. The highest BCUT2D eigenvalue weighted by Gasteiger charge is 2.49. The molecule has 11 heteroatoms. The molecule has 158 valence electrons. The maximum atomic E-state index is 12.8. The van der Waals surface area contributed by atoms with Gasteiger partial charge in [-0.3, -0.25) is 19.8 Å². The number of nitrogens with two attached hydrogens (primary N) is 1. The third kappa shape index (κ3) is 3.41. The average Bonchev–Trinajstić information content (AvgIpc) is 3.02. The zero-order valence-corrected chi connectivity index (χ0v) is 17.2. The molecule has 1 saturated heterocycles. The minimum absolute atomic E-state index is 0.00190. The number of rotatable bonds is 5. The molecule has 3 rings (SSSR count). The molecule has 1 aromatic carbocycles. The van der Waals surface area contributed by atoms with Crippen LogP contribution in [0.3, 0.4) is 0 Å². The van der Waals surface area contributed by atoms with Crippen LogP contribution in [0.1, 0.15) is 25.3 Å². The maximum absolute atomic E-state index is 12.8. The molecule has 1 aromatic rings. The van der Waals surface area contributed by atoms with Gasteiger partial charge in [0.2, 0.25) is 5.91 Å². The number of carbonyl (C=O) groups excluding carboxylic acids is 3. The minimum Gasteiger partial charge on any atom is -0.466 e. The lowest BCUT2D eigenvalue weighted by Gasteiger charge is -2.32. The molecule has 0 spiro atoms. The van der Waals surface area contributed by atoms with Gasteiger partial charge in [0.1, 0.15) is 5.82 Å². The Labute approximate surface area is 175 Å². The van der Waals surface area contributed by atoms with Crippen LogP contribution in [0.15, 0.2) is 46.3 Å². The van der Waals surface area contributed by atoms with Gasteiger partial charge in [-0.1, -0.05) is 23.9 Å². The molecule has 0 radical (unpaired) electrons. The Hall–Kier alpha value is -3.34. The van der Waals surface area contributed by atoms with Crippen LogP contribution in [0.25, 0.3) is 0 Å². The summed E-state index contributed by atoms with van der Waals surface area (Å²) in [6.07, 6.45) is 0. The SMILES string of the molecule is CCOC(=O)C1=C(N)N2C(=O)[C@@H](C)SC2=C(C(=O)OC)[C@@H]1c1cccc([N+](=O)[O-])c1. The van der Waals surface area contributed by atoms with Gasteiger partial charge in [0.05, 0.1) is 46.0 Å². The van der Waals surface area contributed by atoms with E-state index in [1.807, 2.05) is 0 Å². The first kappa shape index (κ1) is 21.4. The van der Waals surface area contributed by atoms with Crippen molar-refractivity contribution >= 4 is 35.3 Å². The number of nitro groups is 1. The van der Waals surface area contributed by atoms with E-state index in [1.165, 1.54) is 31.4 Å². The molecule has 2 heterocycles. The average molecular weight is 433 g/mol. The van der Waals surface area contributed by atoms with Crippen molar-refractivity contribution in [1.29, 1.82) is 0 Å². The smallest absolute Gasteiger partial charge is 0.338 e. The molecule has 0 saturated carbocycles. The number of non-ortho nitro benzene ring substituents is 1. The molecule has 0 bridgehead atoms. The lowest BCUT2D eigenvalue weighted by atomic mass is 9.82. The first-order chi connectivity index (χ1) is 14.2. The predicted molar refractivity (Wildman–Crippen MR) is 107 cm³/mol. The van der Waals surface area contributed by atoms with E-state index in [-0.39, 0.29) is 39.9 Å². The van der Waals surface area contributed by atoms with Gasteiger partial charge in [0.25, 0.3) is 5.69 Å². The Morgan fingerprint density at radius 3 is 2.60 bits per heavy atom. The van der Waals surface area contributed by atoms with Crippen molar-refractivity contribution in [2.45, 2.75) is 25.0 Å². The van der Waals surface area contributed by atoms with Crippen molar-refractivity contribution in [2.24, 2.45) is 5.73 Å². The lowest BCUT2D eigenvalue weighted by molar-refractivity contribution is -0.384. The number of hydrogen-bond donors (Lipinski definition) is 1. The minimum atomic E-state index is -1.10. The standard InChI is InChI=1S/C19H19N3O7S/c1-4-29-19(25)13-12(10-6-5-7-11(8-10)22(26)27)14(18(24)28-3)17-21(15(13)20)16(23)9(2)30-17/h5-9,12H,4,20H2,1-3H3/t9-,12-/m1/s1. The number of carbonyl (C=O) groups is 3. The van der Waals surface area contributed by atoms with Crippen LogP contribution in [-0.4, -0.2) is 46.6 Å². The fourth-order valence-corrected chi connectivity index (χ4v) is 4.56. The van der Waals surface area contributed by atoms with Crippen LogP contribution >= 0.6 is 11.8 Å². The number of nitrogens with zero attached hydrogens (tertiary/aromatic N) is 2. The summed E-state index contributed by atoms with van der Waals surface area (Å²) in [4.78, 5) is 50.1. The second-order valence-corrected chi connectivity index (χ2v) is 7.78. The van der Waals surface area contributed by atoms with Gasteiger partial charge in [-0.05, 0) is 19.4 Å². The van der Waals surface area contributed by atoms with Crippen molar-refractivity contribution in [2.75, 3.05) is 13.7 Å². The summed E-state index contributed by atoms with van der Waals surface area (Å²) in [5.74, 6) is -3.28. The highest BCUT2D eigenvalue weighted by molar-refractivity contribution is 8.04. The number of fused-ring (bicyclic) bond motifs is 1. The molecule has 2 atom stereocenters. The number of esters is 2. The van der Waals surface area contributed by atoms with Gasteiger partial charge in [0.15, 0.2) is 0 Å². The van der Waals surface area contributed by atoms with Crippen molar-refractivity contribution in [3.8, 4) is 0 Å². The Bertz CT molecular complexity index is 1020. The highest BCUT2D eigenvalue weighted by Crippen LogP contribution is 2.50. The van der Waals surface area contributed by atoms with E-state index in [0.717, 1.165) is 16.7 Å². The second-order valence-electron chi connectivity index (χ2n) is 6.45. The first-order valence-corrected chi connectivity index (χ1v) is 9.85. The molecule has 10 nitrogen and oxygen atoms in total. The molecule has 1 amide bonds. The molecule has 2 N–H and O–H groups in total. The van der Waals surface area contributed by atoms with Crippen molar-refractivity contribution in [1.82, 2.24) is 4.90 Å². The Morgan fingerprint density at radius 2 is 2.00 bits per heavy atom. The van der Waals surface area contributed by atoms with Crippen LogP contribution in [0.4, 0.5) is 5.69 Å².